The van der Waals surface area contributed by atoms with Gasteiger partial charge in [-0.2, -0.15) is 0 Å². The summed E-state index contributed by atoms with van der Waals surface area (Å²) in [7, 11) is -2.43. The molecule has 0 amide bonds. The maximum absolute atomic E-state index is 6.63. The fraction of sp³-hybridized carbons (Fsp3) is 1.00. The summed E-state index contributed by atoms with van der Waals surface area (Å²) >= 11 is 0. The molecule has 0 spiro atoms. The molecule has 0 radical (unpaired) electrons. The van der Waals surface area contributed by atoms with E-state index < -0.39 is 15.4 Å². The summed E-state index contributed by atoms with van der Waals surface area (Å²) in [5, 5.41) is 0. The van der Waals surface area contributed by atoms with Gasteiger partial charge in [0.1, 0.15) is 0 Å². The van der Waals surface area contributed by atoms with E-state index in [0.717, 1.165) is 5.92 Å². The van der Waals surface area contributed by atoms with Gasteiger partial charge < -0.3 is 4.43 Å². The van der Waals surface area contributed by atoms with Crippen molar-refractivity contribution in [1.82, 2.24) is 0 Å². The molecule has 0 N–H and O–H groups in total. The molecule has 0 aromatic carbocycles. The van der Waals surface area contributed by atoms with Crippen LogP contribution in [0, 0.1) is 5.92 Å². The summed E-state index contributed by atoms with van der Waals surface area (Å²) in [6.45, 7) is 16.9. The third-order valence-corrected chi connectivity index (χ3v) is 21.3. The molecule has 1 heterocycles. The highest BCUT2D eigenvalue weighted by atomic mass is 29.3. The molecule has 1 unspecified atom stereocenters. The van der Waals surface area contributed by atoms with Crippen LogP contribution < -0.4 is 0 Å². The molecule has 3 heteroatoms. The minimum atomic E-state index is -1.39. The molecule has 0 aliphatic carbocycles. The first-order valence-corrected chi connectivity index (χ1v) is 13.9. The Bertz CT molecular complexity index is 244. The molecule has 1 nitrogen and oxygen atoms in total. The van der Waals surface area contributed by atoms with Gasteiger partial charge in [-0.15, -0.1) is 0 Å². The SMILES string of the molecule is CC(C)CCC1(C)CC[Si](C)(C)[Si](C)(C)O1. The summed E-state index contributed by atoms with van der Waals surface area (Å²) in [5.74, 6) is 0.803. The summed E-state index contributed by atoms with van der Waals surface area (Å²) in [4.78, 5) is 0. The van der Waals surface area contributed by atoms with Crippen molar-refractivity contribution in [3.8, 4) is 0 Å². The van der Waals surface area contributed by atoms with Gasteiger partial charge >= 0.3 is 0 Å². The van der Waals surface area contributed by atoms with Crippen molar-refractivity contribution in [2.24, 2.45) is 5.92 Å². The van der Waals surface area contributed by atoms with Crippen molar-refractivity contribution >= 4 is 15.4 Å². The van der Waals surface area contributed by atoms with Gasteiger partial charge in [-0.05, 0) is 45.2 Å². The fourth-order valence-corrected chi connectivity index (χ4v) is 9.67. The van der Waals surface area contributed by atoms with Crippen molar-refractivity contribution in [2.45, 2.75) is 77.9 Å². The highest BCUT2D eigenvalue weighted by Crippen LogP contribution is 2.41. The van der Waals surface area contributed by atoms with E-state index in [1.807, 2.05) is 0 Å². The highest BCUT2D eigenvalue weighted by molar-refractivity contribution is 7.38. The van der Waals surface area contributed by atoms with E-state index in [0.29, 0.717) is 0 Å². The van der Waals surface area contributed by atoms with Crippen LogP contribution in [0.3, 0.4) is 0 Å². The van der Waals surface area contributed by atoms with Crippen LogP contribution in [0.15, 0.2) is 0 Å². The molecule has 0 saturated carbocycles. The van der Waals surface area contributed by atoms with Crippen LogP contribution in [0.25, 0.3) is 0 Å². The average molecular weight is 259 g/mol. The summed E-state index contributed by atoms with van der Waals surface area (Å²) < 4.78 is 6.63. The third kappa shape index (κ3) is 3.20. The van der Waals surface area contributed by atoms with Crippen molar-refractivity contribution in [3.63, 3.8) is 0 Å². The minimum absolute atomic E-state index is 0.197. The largest absolute Gasteiger partial charge is 0.415 e. The first-order valence-electron chi connectivity index (χ1n) is 6.78. The van der Waals surface area contributed by atoms with E-state index in [1.165, 1.54) is 25.3 Å². The van der Waals surface area contributed by atoms with E-state index in [1.54, 1.807) is 0 Å². The van der Waals surface area contributed by atoms with E-state index in [2.05, 4.69) is 47.0 Å². The lowest BCUT2D eigenvalue weighted by Crippen LogP contribution is -2.64. The molecule has 0 aromatic rings. The van der Waals surface area contributed by atoms with Crippen LogP contribution in [-0.4, -0.2) is 21.0 Å². The third-order valence-electron chi connectivity index (χ3n) is 4.66. The Labute approximate surface area is 104 Å². The van der Waals surface area contributed by atoms with Gasteiger partial charge in [-0.3, -0.25) is 0 Å². The van der Waals surface area contributed by atoms with Crippen LogP contribution >= 0.6 is 0 Å². The monoisotopic (exact) mass is 258 g/mol. The minimum Gasteiger partial charge on any atom is -0.415 e. The first-order chi connectivity index (χ1) is 7.08. The highest BCUT2D eigenvalue weighted by Gasteiger charge is 2.51. The molecule has 1 aliphatic rings. The van der Waals surface area contributed by atoms with E-state index >= 15 is 0 Å². The first kappa shape index (κ1) is 14.5. The molecular weight excluding hydrogens is 228 g/mol. The second kappa shape index (κ2) is 4.58. The quantitative estimate of drug-likeness (QED) is 0.673. The predicted octanol–water partition coefficient (Wildman–Crippen LogP) is 4.59. The molecule has 16 heavy (non-hydrogen) atoms. The van der Waals surface area contributed by atoms with Gasteiger partial charge in [-0.25, -0.2) is 0 Å². The molecule has 0 bridgehead atoms. The standard InChI is InChI=1S/C13H30OSi2/c1-12(2)8-9-13(3)10-11-15(4,5)16(6,7)14-13/h12H,8-11H2,1-7H3. The van der Waals surface area contributed by atoms with Crippen molar-refractivity contribution in [2.75, 3.05) is 0 Å². The summed E-state index contributed by atoms with van der Waals surface area (Å²) in [6, 6.07) is 1.47. The molecular formula is C13H30OSi2. The lowest BCUT2D eigenvalue weighted by molar-refractivity contribution is 0.0577. The molecule has 96 valence electrons. The predicted molar refractivity (Wildman–Crippen MR) is 78.0 cm³/mol. The molecule has 1 saturated heterocycles. The molecule has 1 aliphatic heterocycles. The van der Waals surface area contributed by atoms with Crippen molar-refractivity contribution < 1.29 is 4.43 Å². The van der Waals surface area contributed by atoms with Crippen LogP contribution in [-0.2, 0) is 4.43 Å². The van der Waals surface area contributed by atoms with Crippen molar-refractivity contribution in [3.05, 3.63) is 0 Å². The average Bonchev–Trinajstić information content (AvgIpc) is 2.10. The second-order valence-electron chi connectivity index (χ2n) is 7.38. The Morgan fingerprint density at radius 1 is 1.19 bits per heavy atom. The normalized spacial score (nSPS) is 33.0. The van der Waals surface area contributed by atoms with Crippen molar-refractivity contribution in [1.29, 1.82) is 0 Å². The van der Waals surface area contributed by atoms with Crippen LogP contribution in [0.1, 0.15) is 40.0 Å². The maximum atomic E-state index is 6.63. The zero-order valence-electron chi connectivity index (χ0n) is 12.3. The van der Waals surface area contributed by atoms with Gasteiger partial charge in [0, 0.05) is 0 Å². The zero-order chi connectivity index (χ0) is 12.6. The van der Waals surface area contributed by atoms with Gasteiger partial charge in [0.15, 0.2) is 7.83 Å². The molecule has 0 aromatic heterocycles. The van der Waals surface area contributed by atoms with Gasteiger partial charge in [0.05, 0.1) is 13.2 Å². The topological polar surface area (TPSA) is 9.23 Å². The lowest BCUT2D eigenvalue weighted by Gasteiger charge is -2.51. The zero-order valence-corrected chi connectivity index (χ0v) is 14.3. The Morgan fingerprint density at radius 3 is 2.19 bits per heavy atom. The summed E-state index contributed by atoms with van der Waals surface area (Å²) in [5.41, 5.74) is 0.197. The Kier molecular flexibility index (Phi) is 4.14. The number of hydrogen-bond acceptors (Lipinski definition) is 1. The Balaban J connectivity index is 2.66. The van der Waals surface area contributed by atoms with Gasteiger partial charge in [0.2, 0.25) is 0 Å². The molecule has 1 atom stereocenters. The Morgan fingerprint density at radius 2 is 1.75 bits per heavy atom. The van der Waals surface area contributed by atoms with E-state index in [4.69, 9.17) is 4.43 Å². The fourth-order valence-electron chi connectivity index (χ4n) is 2.45. The maximum Gasteiger partial charge on any atom is 0.174 e. The Hall–Kier alpha value is 0.394. The number of rotatable bonds is 3. The second-order valence-corrected chi connectivity index (χ2v) is 22.5. The van der Waals surface area contributed by atoms with E-state index in [-0.39, 0.29) is 5.60 Å². The molecule has 1 fully saturated rings. The van der Waals surface area contributed by atoms with E-state index in [9.17, 15) is 0 Å². The molecule has 1 rings (SSSR count). The van der Waals surface area contributed by atoms with Crippen LogP contribution in [0.2, 0.25) is 32.2 Å². The van der Waals surface area contributed by atoms with Gasteiger partial charge in [-0.1, -0.05) is 33.0 Å². The lowest BCUT2D eigenvalue weighted by atomic mass is 9.93. The summed E-state index contributed by atoms with van der Waals surface area (Å²) in [6.07, 6.45) is 3.86. The van der Waals surface area contributed by atoms with Gasteiger partial charge in [0.25, 0.3) is 0 Å². The van der Waals surface area contributed by atoms with Crippen LogP contribution in [0.4, 0.5) is 0 Å². The smallest absolute Gasteiger partial charge is 0.174 e. The van der Waals surface area contributed by atoms with Crippen LogP contribution in [0.5, 0.6) is 0 Å². The number of hydrogen-bond donors (Lipinski definition) is 0.